The van der Waals surface area contributed by atoms with Gasteiger partial charge in [-0.15, -0.1) is 0 Å². The van der Waals surface area contributed by atoms with Crippen LogP contribution in [0.15, 0.2) is 47.5 Å². The summed E-state index contributed by atoms with van der Waals surface area (Å²) >= 11 is 0. The second-order valence-electron chi connectivity index (χ2n) is 5.81. The Bertz CT molecular complexity index is 635. The smallest absolute Gasteiger partial charge is 0.0632 e. The van der Waals surface area contributed by atoms with Gasteiger partial charge in [0.25, 0.3) is 0 Å². The van der Waals surface area contributed by atoms with Gasteiger partial charge in [0.05, 0.1) is 5.69 Å². The van der Waals surface area contributed by atoms with Gasteiger partial charge in [-0.05, 0) is 67.6 Å². The zero-order valence-corrected chi connectivity index (χ0v) is 12.8. The second kappa shape index (κ2) is 6.13. The Morgan fingerprint density at radius 3 is 2.29 bits per heavy atom. The summed E-state index contributed by atoms with van der Waals surface area (Å²) in [5, 5.41) is 0. The van der Waals surface area contributed by atoms with Crippen molar-refractivity contribution in [2.45, 2.75) is 26.7 Å². The van der Waals surface area contributed by atoms with Gasteiger partial charge in [0.2, 0.25) is 0 Å². The monoisotopic (exact) mass is 278 g/mol. The van der Waals surface area contributed by atoms with E-state index in [4.69, 9.17) is 0 Å². The molecule has 0 N–H and O–H groups in total. The van der Waals surface area contributed by atoms with Crippen LogP contribution in [0.3, 0.4) is 0 Å². The minimum absolute atomic E-state index is 1.02. The van der Waals surface area contributed by atoms with Crippen molar-refractivity contribution >= 4 is 17.6 Å². The molecule has 108 valence electrons. The summed E-state index contributed by atoms with van der Waals surface area (Å²) in [6, 6.07) is 15.0. The standard InChI is InChI=1S/C19H22N2/c1-15-5-8-18(13-16(15)2)20-14-17-6-9-19(10-7-17)21-11-3-4-12-21/h5-10,13-14H,3-4,11-12H2,1-2H3. The van der Waals surface area contributed by atoms with Gasteiger partial charge in [-0.2, -0.15) is 0 Å². The van der Waals surface area contributed by atoms with Crippen molar-refractivity contribution in [2.24, 2.45) is 4.99 Å². The molecule has 0 aliphatic carbocycles. The maximum atomic E-state index is 4.57. The van der Waals surface area contributed by atoms with Crippen molar-refractivity contribution in [1.82, 2.24) is 0 Å². The number of rotatable bonds is 3. The van der Waals surface area contributed by atoms with Crippen molar-refractivity contribution < 1.29 is 0 Å². The molecule has 2 aromatic carbocycles. The molecule has 0 amide bonds. The van der Waals surface area contributed by atoms with Crippen molar-refractivity contribution in [1.29, 1.82) is 0 Å². The van der Waals surface area contributed by atoms with Crippen LogP contribution < -0.4 is 4.90 Å². The molecule has 1 saturated heterocycles. The molecule has 0 unspecified atom stereocenters. The van der Waals surface area contributed by atoms with Crippen LogP contribution in [0.2, 0.25) is 0 Å². The van der Waals surface area contributed by atoms with Gasteiger partial charge in [0.1, 0.15) is 0 Å². The van der Waals surface area contributed by atoms with Crippen LogP contribution in [0.1, 0.15) is 29.5 Å². The average Bonchev–Trinajstić information content (AvgIpc) is 3.03. The molecule has 0 radical (unpaired) electrons. The summed E-state index contributed by atoms with van der Waals surface area (Å²) in [5.74, 6) is 0. The molecule has 0 aromatic heterocycles. The van der Waals surface area contributed by atoms with Crippen LogP contribution in [-0.4, -0.2) is 19.3 Å². The number of aliphatic imine (C=N–C) groups is 1. The number of hydrogen-bond acceptors (Lipinski definition) is 2. The van der Waals surface area contributed by atoms with E-state index in [1.807, 2.05) is 6.21 Å². The molecule has 2 nitrogen and oxygen atoms in total. The molecule has 2 heteroatoms. The topological polar surface area (TPSA) is 15.6 Å². The van der Waals surface area contributed by atoms with Crippen LogP contribution in [0, 0.1) is 13.8 Å². The Labute approximate surface area is 127 Å². The summed E-state index contributed by atoms with van der Waals surface area (Å²) in [4.78, 5) is 7.02. The number of hydrogen-bond donors (Lipinski definition) is 0. The fraction of sp³-hybridized carbons (Fsp3) is 0.316. The van der Waals surface area contributed by atoms with Crippen LogP contribution in [0.5, 0.6) is 0 Å². The van der Waals surface area contributed by atoms with E-state index in [2.05, 4.69) is 66.2 Å². The van der Waals surface area contributed by atoms with Crippen LogP contribution in [0.25, 0.3) is 0 Å². The lowest BCUT2D eigenvalue weighted by Crippen LogP contribution is -2.17. The van der Waals surface area contributed by atoms with Crippen molar-refractivity contribution in [3.8, 4) is 0 Å². The Hall–Kier alpha value is -2.09. The highest BCUT2D eigenvalue weighted by atomic mass is 15.1. The summed E-state index contributed by atoms with van der Waals surface area (Å²) in [5.41, 5.74) is 6.09. The predicted molar refractivity (Wildman–Crippen MR) is 91.1 cm³/mol. The van der Waals surface area contributed by atoms with E-state index in [0.29, 0.717) is 0 Å². The highest BCUT2D eigenvalue weighted by Gasteiger charge is 2.11. The predicted octanol–water partition coefficient (Wildman–Crippen LogP) is 4.65. The number of anilines is 1. The lowest BCUT2D eigenvalue weighted by Gasteiger charge is -2.17. The van der Waals surface area contributed by atoms with Gasteiger partial charge in [-0.3, -0.25) is 4.99 Å². The number of nitrogens with zero attached hydrogens (tertiary/aromatic N) is 2. The molecule has 21 heavy (non-hydrogen) atoms. The lowest BCUT2D eigenvalue weighted by atomic mass is 10.1. The molecule has 1 aliphatic heterocycles. The first-order valence-electron chi connectivity index (χ1n) is 7.69. The quantitative estimate of drug-likeness (QED) is 0.746. The van der Waals surface area contributed by atoms with E-state index in [0.717, 1.165) is 11.3 Å². The SMILES string of the molecule is Cc1ccc(N=Cc2ccc(N3CCCC3)cc2)cc1C. The third-order valence-electron chi connectivity index (χ3n) is 4.22. The number of benzene rings is 2. The molecular formula is C19H22N2. The molecule has 1 aliphatic rings. The first kappa shape index (κ1) is 13.9. The van der Waals surface area contributed by atoms with Gasteiger partial charge in [0.15, 0.2) is 0 Å². The van der Waals surface area contributed by atoms with Gasteiger partial charge >= 0.3 is 0 Å². The van der Waals surface area contributed by atoms with Crippen LogP contribution >= 0.6 is 0 Å². The van der Waals surface area contributed by atoms with E-state index in [9.17, 15) is 0 Å². The van der Waals surface area contributed by atoms with Gasteiger partial charge < -0.3 is 4.90 Å². The highest BCUT2D eigenvalue weighted by molar-refractivity contribution is 5.82. The van der Waals surface area contributed by atoms with Crippen LogP contribution in [-0.2, 0) is 0 Å². The highest BCUT2D eigenvalue weighted by Crippen LogP contribution is 2.21. The molecule has 0 spiro atoms. The first-order valence-corrected chi connectivity index (χ1v) is 7.69. The third-order valence-corrected chi connectivity index (χ3v) is 4.22. The Morgan fingerprint density at radius 2 is 1.62 bits per heavy atom. The lowest BCUT2D eigenvalue weighted by molar-refractivity contribution is 0.949. The zero-order chi connectivity index (χ0) is 14.7. The molecule has 0 atom stereocenters. The van der Waals surface area contributed by atoms with Crippen molar-refractivity contribution in [2.75, 3.05) is 18.0 Å². The van der Waals surface area contributed by atoms with Crippen LogP contribution in [0.4, 0.5) is 11.4 Å². The summed E-state index contributed by atoms with van der Waals surface area (Å²) in [6.07, 6.45) is 4.57. The molecule has 3 rings (SSSR count). The molecule has 1 fully saturated rings. The number of aryl methyl sites for hydroxylation is 2. The normalized spacial score (nSPS) is 15.0. The summed E-state index contributed by atoms with van der Waals surface area (Å²) in [7, 11) is 0. The molecule has 0 saturated carbocycles. The van der Waals surface area contributed by atoms with E-state index in [-0.39, 0.29) is 0 Å². The molecule has 2 aromatic rings. The fourth-order valence-electron chi connectivity index (χ4n) is 2.70. The second-order valence-corrected chi connectivity index (χ2v) is 5.81. The first-order chi connectivity index (χ1) is 10.2. The fourth-order valence-corrected chi connectivity index (χ4v) is 2.70. The van der Waals surface area contributed by atoms with Gasteiger partial charge in [-0.25, -0.2) is 0 Å². The molecular weight excluding hydrogens is 256 g/mol. The van der Waals surface area contributed by atoms with Gasteiger partial charge in [0, 0.05) is 25.0 Å². The Kier molecular flexibility index (Phi) is 4.05. The Balaban J connectivity index is 1.72. The molecule has 1 heterocycles. The largest absolute Gasteiger partial charge is 0.372 e. The van der Waals surface area contributed by atoms with Gasteiger partial charge in [-0.1, -0.05) is 18.2 Å². The average molecular weight is 278 g/mol. The minimum atomic E-state index is 1.02. The van der Waals surface area contributed by atoms with Crippen molar-refractivity contribution in [3.63, 3.8) is 0 Å². The molecule has 0 bridgehead atoms. The summed E-state index contributed by atoms with van der Waals surface area (Å²) in [6.45, 7) is 6.63. The maximum Gasteiger partial charge on any atom is 0.0632 e. The van der Waals surface area contributed by atoms with E-state index >= 15 is 0 Å². The van der Waals surface area contributed by atoms with E-state index in [1.165, 1.54) is 42.7 Å². The third kappa shape index (κ3) is 3.33. The Morgan fingerprint density at radius 1 is 0.905 bits per heavy atom. The van der Waals surface area contributed by atoms with E-state index < -0.39 is 0 Å². The maximum absolute atomic E-state index is 4.57. The van der Waals surface area contributed by atoms with E-state index in [1.54, 1.807) is 0 Å². The minimum Gasteiger partial charge on any atom is -0.372 e. The summed E-state index contributed by atoms with van der Waals surface area (Å²) < 4.78 is 0. The van der Waals surface area contributed by atoms with Crippen molar-refractivity contribution in [3.05, 3.63) is 59.2 Å². The zero-order valence-electron chi connectivity index (χ0n) is 12.8.